The average Bonchev–Trinajstić information content (AvgIpc) is 2.69. The van der Waals surface area contributed by atoms with Crippen LogP contribution in [0.25, 0.3) is 0 Å². The minimum Gasteiger partial charge on any atom is -0.378 e. The van der Waals surface area contributed by atoms with Crippen molar-refractivity contribution < 1.29 is 14.7 Å². The van der Waals surface area contributed by atoms with E-state index in [-0.39, 0.29) is 11.8 Å². The maximum atomic E-state index is 12.6. The summed E-state index contributed by atoms with van der Waals surface area (Å²) in [5.74, 6) is -0.380. The molecule has 134 valence electrons. The van der Waals surface area contributed by atoms with Gasteiger partial charge in [0.1, 0.15) is 5.54 Å². The normalized spacial score (nSPS) is 19.3. The highest BCUT2D eigenvalue weighted by molar-refractivity contribution is 6.06. The summed E-state index contributed by atoms with van der Waals surface area (Å²) in [7, 11) is 0. The zero-order valence-electron chi connectivity index (χ0n) is 14.3. The number of nitrogens with zero attached hydrogens (tertiary/aromatic N) is 1. The molecule has 0 saturated carbocycles. The van der Waals surface area contributed by atoms with Crippen molar-refractivity contribution in [3.05, 3.63) is 60.2 Å². The van der Waals surface area contributed by atoms with Crippen LogP contribution in [0.15, 0.2) is 54.6 Å². The Balaban J connectivity index is 1.46. The highest BCUT2D eigenvalue weighted by Gasteiger charge is 2.45. The lowest BCUT2D eigenvalue weighted by molar-refractivity contribution is -0.143. The maximum Gasteiger partial charge on any atom is 0.256 e. The molecule has 0 aromatic heterocycles. The Morgan fingerprint density at radius 2 is 1.62 bits per heavy atom. The van der Waals surface area contributed by atoms with Crippen LogP contribution in [0.2, 0.25) is 0 Å². The van der Waals surface area contributed by atoms with Crippen LogP contribution in [0.1, 0.15) is 24.5 Å². The first-order chi connectivity index (χ1) is 12.6. The molecule has 6 heteroatoms. The summed E-state index contributed by atoms with van der Waals surface area (Å²) in [6.45, 7) is 0.844. The molecule has 2 aromatic rings. The summed E-state index contributed by atoms with van der Waals surface area (Å²) in [4.78, 5) is 26.9. The molecule has 1 spiro atoms. The monoisotopic (exact) mass is 351 g/mol. The molecule has 26 heavy (non-hydrogen) atoms. The van der Waals surface area contributed by atoms with Gasteiger partial charge in [-0.3, -0.25) is 9.59 Å². The van der Waals surface area contributed by atoms with Crippen molar-refractivity contribution in [2.45, 2.75) is 24.5 Å². The van der Waals surface area contributed by atoms with Gasteiger partial charge < -0.3 is 20.6 Å². The zero-order valence-corrected chi connectivity index (χ0v) is 14.3. The molecule has 0 unspecified atom stereocenters. The fraction of sp³-hybridized carbons (Fsp3) is 0.300. The fourth-order valence-electron chi connectivity index (χ4n) is 3.67. The lowest BCUT2D eigenvalue weighted by Gasteiger charge is -2.44. The molecule has 3 N–H and O–H groups in total. The number of anilines is 2. The van der Waals surface area contributed by atoms with E-state index in [9.17, 15) is 14.7 Å². The number of hydrogen-bond donors (Lipinski definition) is 3. The van der Waals surface area contributed by atoms with Gasteiger partial charge in [-0.25, -0.2) is 0 Å². The first kappa shape index (κ1) is 16.6. The standard InChI is InChI=1S/C20H21N3O3/c24-17(14-6-2-1-3-7-14)18(25)23-12-10-20(11-13-23)19(26)21-15-8-4-5-9-16(15)22-20/h1-9,17,22,24H,10-13H2,(H,21,26)/t17-/m0/s1. The van der Waals surface area contributed by atoms with Crippen LogP contribution in [0, 0.1) is 0 Å². The number of likely N-dealkylation sites (tertiary alicyclic amines) is 1. The molecule has 2 aliphatic rings. The van der Waals surface area contributed by atoms with Gasteiger partial charge in [-0.15, -0.1) is 0 Å². The van der Waals surface area contributed by atoms with E-state index in [0.717, 1.165) is 11.4 Å². The van der Waals surface area contributed by atoms with Gasteiger partial charge in [0.2, 0.25) is 5.91 Å². The topological polar surface area (TPSA) is 81.7 Å². The predicted molar refractivity (Wildman–Crippen MR) is 98.6 cm³/mol. The van der Waals surface area contributed by atoms with Crippen LogP contribution in [0.3, 0.4) is 0 Å². The highest BCUT2D eigenvalue weighted by Crippen LogP contribution is 2.36. The first-order valence-corrected chi connectivity index (χ1v) is 8.80. The number of carbonyl (C=O) groups excluding carboxylic acids is 2. The van der Waals surface area contributed by atoms with Gasteiger partial charge in [0, 0.05) is 13.1 Å². The molecule has 0 aliphatic carbocycles. The minimum absolute atomic E-state index is 0.0630. The van der Waals surface area contributed by atoms with Gasteiger partial charge in [-0.1, -0.05) is 42.5 Å². The molecule has 1 atom stereocenters. The first-order valence-electron chi connectivity index (χ1n) is 8.80. The van der Waals surface area contributed by atoms with Crippen LogP contribution >= 0.6 is 0 Å². The largest absolute Gasteiger partial charge is 0.378 e. The van der Waals surface area contributed by atoms with Crippen LogP contribution < -0.4 is 10.6 Å². The Labute approximate surface area is 151 Å². The molecule has 1 fully saturated rings. The van der Waals surface area contributed by atoms with E-state index in [4.69, 9.17) is 0 Å². The van der Waals surface area contributed by atoms with Gasteiger partial charge in [0.25, 0.3) is 5.91 Å². The van der Waals surface area contributed by atoms with Crippen LogP contribution in [-0.4, -0.2) is 40.4 Å². The SMILES string of the molecule is O=C([C@@H](O)c1ccccc1)N1CCC2(CC1)Nc1ccccc1NC2=O. The van der Waals surface area contributed by atoms with Crippen molar-refractivity contribution in [3.63, 3.8) is 0 Å². The quantitative estimate of drug-likeness (QED) is 0.774. The summed E-state index contributed by atoms with van der Waals surface area (Å²) < 4.78 is 0. The summed E-state index contributed by atoms with van der Waals surface area (Å²) >= 11 is 0. The summed E-state index contributed by atoms with van der Waals surface area (Å²) in [6.07, 6.45) is -0.167. The van der Waals surface area contributed by atoms with Gasteiger partial charge in [0.05, 0.1) is 11.4 Å². The van der Waals surface area contributed by atoms with E-state index >= 15 is 0 Å². The van der Waals surface area contributed by atoms with Crippen LogP contribution in [0.5, 0.6) is 0 Å². The van der Waals surface area contributed by atoms with Crippen molar-refractivity contribution in [1.29, 1.82) is 0 Å². The molecule has 2 amide bonds. The highest BCUT2D eigenvalue weighted by atomic mass is 16.3. The molecular formula is C20H21N3O3. The number of fused-ring (bicyclic) bond motifs is 1. The third-order valence-electron chi connectivity index (χ3n) is 5.26. The third kappa shape index (κ3) is 2.82. The number of carbonyl (C=O) groups is 2. The molecule has 0 bridgehead atoms. The van der Waals surface area contributed by atoms with Crippen molar-refractivity contribution in [2.24, 2.45) is 0 Å². The summed E-state index contributed by atoms with van der Waals surface area (Å²) in [5.41, 5.74) is 1.56. The van der Waals surface area contributed by atoms with Crippen LogP contribution in [-0.2, 0) is 9.59 Å². The van der Waals surface area contributed by atoms with E-state index in [0.29, 0.717) is 31.5 Å². The number of hydrogen-bond acceptors (Lipinski definition) is 4. The van der Waals surface area contributed by atoms with Crippen molar-refractivity contribution in [3.8, 4) is 0 Å². The smallest absolute Gasteiger partial charge is 0.256 e. The van der Waals surface area contributed by atoms with Gasteiger partial charge >= 0.3 is 0 Å². The van der Waals surface area contributed by atoms with E-state index in [2.05, 4.69) is 10.6 Å². The van der Waals surface area contributed by atoms with E-state index in [1.165, 1.54) is 0 Å². The predicted octanol–water partition coefficient (Wildman–Crippen LogP) is 2.15. The lowest BCUT2D eigenvalue weighted by Crippen LogP contribution is -2.59. The number of rotatable bonds is 2. The number of aliphatic hydroxyl groups excluding tert-OH is 1. The van der Waals surface area contributed by atoms with Crippen molar-refractivity contribution in [1.82, 2.24) is 4.90 Å². The number of piperidine rings is 1. The second-order valence-corrected chi connectivity index (χ2v) is 6.85. The van der Waals surface area contributed by atoms with Crippen molar-refractivity contribution >= 4 is 23.2 Å². The second kappa shape index (κ2) is 6.46. The van der Waals surface area contributed by atoms with E-state index in [1.807, 2.05) is 30.3 Å². The van der Waals surface area contributed by atoms with Gasteiger partial charge in [-0.05, 0) is 30.5 Å². The maximum absolute atomic E-state index is 12.6. The van der Waals surface area contributed by atoms with Gasteiger partial charge in [0.15, 0.2) is 6.10 Å². The molecule has 2 aliphatic heterocycles. The Morgan fingerprint density at radius 3 is 2.31 bits per heavy atom. The molecule has 6 nitrogen and oxygen atoms in total. The second-order valence-electron chi connectivity index (χ2n) is 6.85. The Hall–Kier alpha value is -2.86. The fourth-order valence-corrected chi connectivity index (χ4v) is 3.67. The van der Waals surface area contributed by atoms with Crippen molar-refractivity contribution in [2.75, 3.05) is 23.7 Å². The Kier molecular flexibility index (Phi) is 4.12. The lowest BCUT2D eigenvalue weighted by atomic mass is 9.84. The van der Waals surface area contributed by atoms with E-state index in [1.54, 1.807) is 29.2 Å². The molecule has 4 rings (SSSR count). The molecule has 0 radical (unpaired) electrons. The zero-order chi connectivity index (χ0) is 18.1. The number of benzene rings is 2. The van der Waals surface area contributed by atoms with Gasteiger partial charge in [-0.2, -0.15) is 0 Å². The molecule has 2 aromatic carbocycles. The molecule has 1 saturated heterocycles. The molecular weight excluding hydrogens is 330 g/mol. The van der Waals surface area contributed by atoms with E-state index < -0.39 is 11.6 Å². The number of nitrogens with one attached hydrogen (secondary N) is 2. The Bertz CT molecular complexity index is 829. The third-order valence-corrected chi connectivity index (χ3v) is 5.26. The number of aliphatic hydroxyl groups is 1. The number of para-hydroxylation sites is 2. The minimum atomic E-state index is -1.17. The summed E-state index contributed by atoms with van der Waals surface area (Å²) in [6, 6.07) is 16.5. The van der Waals surface area contributed by atoms with Crippen LogP contribution in [0.4, 0.5) is 11.4 Å². The Morgan fingerprint density at radius 1 is 1.00 bits per heavy atom. The average molecular weight is 351 g/mol. The molecule has 2 heterocycles. The summed E-state index contributed by atoms with van der Waals surface area (Å²) in [5, 5.41) is 16.7. The number of amides is 2.